The van der Waals surface area contributed by atoms with Crippen molar-refractivity contribution in [2.45, 2.75) is 25.2 Å². The van der Waals surface area contributed by atoms with Crippen molar-refractivity contribution in [2.24, 2.45) is 0 Å². The quantitative estimate of drug-likeness (QED) is 0.485. The van der Waals surface area contributed by atoms with Gasteiger partial charge in [-0.25, -0.2) is 12.8 Å². The Labute approximate surface area is 187 Å². The Morgan fingerprint density at radius 1 is 1.06 bits per heavy atom. The summed E-state index contributed by atoms with van der Waals surface area (Å²) in [5.74, 6) is -0.807. The summed E-state index contributed by atoms with van der Waals surface area (Å²) < 4.78 is 82.1. The van der Waals surface area contributed by atoms with Crippen LogP contribution in [0.1, 0.15) is 28.1 Å². The fourth-order valence-corrected chi connectivity index (χ4v) is 5.51. The van der Waals surface area contributed by atoms with E-state index < -0.39 is 39.3 Å². The number of halogens is 4. The maximum atomic E-state index is 13.3. The third kappa shape index (κ3) is 5.27. The van der Waals surface area contributed by atoms with Gasteiger partial charge in [0.1, 0.15) is 17.3 Å². The predicted octanol–water partition coefficient (Wildman–Crippen LogP) is 4.93. The van der Waals surface area contributed by atoms with Gasteiger partial charge in [0.2, 0.25) is 0 Å². The third-order valence-corrected chi connectivity index (χ3v) is 7.21. The van der Waals surface area contributed by atoms with E-state index in [9.17, 15) is 30.8 Å². The molecule has 2 heterocycles. The number of benzene rings is 2. The van der Waals surface area contributed by atoms with Crippen LogP contribution in [0.15, 0.2) is 65.1 Å². The Kier molecular flexibility index (Phi) is 6.04. The van der Waals surface area contributed by atoms with Gasteiger partial charge in [-0.05, 0) is 55.0 Å². The molecule has 5 nitrogen and oxygen atoms in total. The summed E-state index contributed by atoms with van der Waals surface area (Å²) in [6.07, 6.45) is -4.26. The second-order valence-electron chi connectivity index (χ2n) is 7.84. The molecule has 33 heavy (non-hydrogen) atoms. The van der Waals surface area contributed by atoms with Crippen molar-refractivity contribution in [2.75, 3.05) is 11.5 Å². The van der Waals surface area contributed by atoms with E-state index in [2.05, 4.69) is 0 Å². The van der Waals surface area contributed by atoms with E-state index >= 15 is 0 Å². The highest BCUT2D eigenvalue weighted by molar-refractivity contribution is 7.91. The molecule has 2 aromatic carbocycles. The normalized spacial score (nSPS) is 17.8. The van der Waals surface area contributed by atoms with E-state index in [-0.39, 0.29) is 47.1 Å². The fourth-order valence-electron chi connectivity index (χ4n) is 3.78. The molecule has 174 valence electrons. The number of alkyl halides is 3. The molecule has 1 atom stereocenters. The minimum Gasteiger partial charge on any atom is -0.459 e. The van der Waals surface area contributed by atoms with E-state index in [0.717, 1.165) is 24.3 Å². The Morgan fingerprint density at radius 3 is 2.42 bits per heavy atom. The summed E-state index contributed by atoms with van der Waals surface area (Å²) in [5, 5.41) is 0. The molecule has 1 amide bonds. The molecule has 3 aromatic rings. The zero-order valence-corrected chi connectivity index (χ0v) is 18.0. The number of amides is 1. The lowest BCUT2D eigenvalue weighted by atomic mass is 10.1. The summed E-state index contributed by atoms with van der Waals surface area (Å²) >= 11 is 0. The molecule has 10 heteroatoms. The van der Waals surface area contributed by atoms with Gasteiger partial charge in [0.15, 0.2) is 9.84 Å². The standard InChI is InChI=1S/C23H19F4NO4S/c24-18-6-4-15(5-7-18)22(29)28(19-10-11-33(30,31)14-19)13-20-8-9-21(32-20)16-2-1-3-17(12-16)23(25,26)27/h1-9,12,19H,10-11,13-14H2/t19-/m0/s1. The van der Waals surface area contributed by atoms with Crippen LogP contribution >= 0.6 is 0 Å². The van der Waals surface area contributed by atoms with Crippen LogP contribution in [0.25, 0.3) is 11.3 Å². The largest absolute Gasteiger partial charge is 0.459 e. The lowest BCUT2D eigenvalue weighted by Crippen LogP contribution is -2.40. The number of rotatable bonds is 5. The number of hydrogen-bond acceptors (Lipinski definition) is 4. The Hall–Kier alpha value is -3.14. The minimum atomic E-state index is -4.50. The van der Waals surface area contributed by atoms with E-state index in [0.29, 0.717) is 0 Å². The molecule has 0 aliphatic carbocycles. The second kappa shape index (κ2) is 8.66. The zero-order chi connectivity index (χ0) is 23.8. The highest BCUT2D eigenvalue weighted by atomic mass is 32.2. The molecule has 1 aliphatic rings. The second-order valence-corrected chi connectivity index (χ2v) is 10.1. The third-order valence-electron chi connectivity index (χ3n) is 5.46. The van der Waals surface area contributed by atoms with Gasteiger partial charge in [0, 0.05) is 17.2 Å². The average Bonchev–Trinajstić information content (AvgIpc) is 3.37. The van der Waals surface area contributed by atoms with E-state index in [1.807, 2.05) is 0 Å². The van der Waals surface area contributed by atoms with Crippen LogP contribution in [0.2, 0.25) is 0 Å². The van der Waals surface area contributed by atoms with Gasteiger partial charge in [-0.15, -0.1) is 0 Å². The van der Waals surface area contributed by atoms with Gasteiger partial charge in [0.25, 0.3) is 5.91 Å². The zero-order valence-electron chi connectivity index (χ0n) is 17.2. The minimum absolute atomic E-state index is 0.0570. The van der Waals surface area contributed by atoms with Crippen molar-refractivity contribution in [3.8, 4) is 11.3 Å². The first-order chi connectivity index (χ1) is 15.5. The smallest absolute Gasteiger partial charge is 0.416 e. The molecular formula is C23H19F4NO4S. The number of nitrogens with zero attached hydrogens (tertiary/aromatic N) is 1. The first kappa shape index (κ1) is 23.0. The highest BCUT2D eigenvalue weighted by Crippen LogP contribution is 2.33. The summed E-state index contributed by atoms with van der Waals surface area (Å²) in [5.41, 5.74) is -0.413. The van der Waals surface area contributed by atoms with Gasteiger partial charge < -0.3 is 9.32 Å². The highest BCUT2D eigenvalue weighted by Gasteiger charge is 2.36. The van der Waals surface area contributed by atoms with Gasteiger partial charge in [-0.2, -0.15) is 13.2 Å². The van der Waals surface area contributed by atoms with Gasteiger partial charge in [0.05, 0.1) is 23.6 Å². The fraction of sp³-hybridized carbons (Fsp3) is 0.261. The molecule has 0 N–H and O–H groups in total. The van der Waals surface area contributed by atoms with Crippen LogP contribution in [0, 0.1) is 5.82 Å². The van der Waals surface area contributed by atoms with Crippen molar-refractivity contribution in [3.63, 3.8) is 0 Å². The molecule has 1 fully saturated rings. The van der Waals surface area contributed by atoms with Crippen LogP contribution in [0.5, 0.6) is 0 Å². The maximum absolute atomic E-state index is 13.3. The van der Waals surface area contributed by atoms with Crippen LogP contribution < -0.4 is 0 Å². The first-order valence-electron chi connectivity index (χ1n) is 10.1. The van der Waals surface area contributed by atoms with Gasteiger partial charge >= 0.3 is 6.18 Å². The molecule has 0 saturated carbocycles. The Bertz CT molecular complexity index is 1270. The van der Waals surface area contributed by atoms with Crippen LogP contribution in [-0.2, 0) is 22.6 Å². The SMILES string of the molecule is O=C(c1ccc(F)cc1)N(Cc1ccc(-c2cccc(C(F)(F)F)c2)o1)[C@H]1CCS(=O)(=O)C1. The van der Waals surface area contributed by atoms with Crippen LogP contribution in [0.4, 0.5) is 17.6 Å². The van der Waals surface area contributed by atoms with Crippen LogP contribution in [-0.4, -0.2) is 36.8 Å². The molecule has 0 radical (unpaired) electrons. The number of sulfone groups is 1. The monoisotopic (exact) mass is 481 g/mol. The van der Waals surface area contributed by atoms with E-state index in [1.54, 1.807) is 0 Å². The summed E-state index contributed by atoms with van der Waals surface area (Å²) in [6, 6.07) is 12.0. The molecule has 1 aromatic heterocycles. The van der Waals surface area contributed by atoms with Gasteiger partial charge in [-0.1, -0.05) is 12.1 Å². The molecule has 1 aliphatic heterocycles. The molecule has 4 rings (SSSR count). The summed E-state index contributed by atoms with van der Waals surface area (Å²) in [7, 11) is -3.30. The molecule has 0 bridgehead atoms. The van der Waals surface area contributed by atoms with E-state index in [4.69, 9.17) is 4.42 Å². The van der Waals surface area contributed by atoms with Crippen LogP contribution in [0.3, 0.4) is 0 Å². The average molecular weight is 481 g/mol. The van der Waals surface area contributed by atoms with E-state index in [1.165, 1.54) is 41.3 Å². The molecule has 1 saturated heterocycles. The number of carbonyl (C=O) groups excluding carboxylic acids is 1. The number of carbonyl (C=O) groups is 1. The topological polar surface area (TPSA) is 67.6 Å². The van der Waals surface area contributed by atoms with Crippen molar-refractivity contribution in [1.82, 2.24) is 4.90 Å². The van der Waals surface area contributed by atoms with Crippen molar-refractivity contribution >= 4 is 15.7 Å². The van der Waals surface area contributed by atoms with Gasteiger partial charge in [-0.3, -0.25) is 4.79 Å². The molecule has 0 spiro atoms. The number of furan rings is 1. The summed E-state index contributed by atoms with van der Waals surface area (Å²) in [6.45, 7) is -0.0879. The Balaban J connectivity index is 1.61. The predicted molar refractivity (Wildman–Crippen MR) is 112 cm³/mol. The summed E-state index contributed by atoms with van der Waals surface area (Å²) in [4.78, 5) is 14.5. The van der Waals surface area contributed by atoms with Crippen molar-refractivity contribution < 1.29 is 35.2 Å². The first-order valence-corrected chi connectivity index (χ1v) is 11.9. The van der Waals surface area contributed by atoms with Crippen molar-refractivity contribution in [3.05, 3.63) is 83.4 Å². The molecular weight excluding hydrogens is 462 g/mol. The Morgan fingerprint density at radius 2 is 1.79 bits per heavy atom. The number of hydrogen-bond donors (Lipinski definition) is 0. The lowest BCUT2D eigenvalue weighted by Gasteiger charge is -2.27. The molecule has 0 unspecified atom stereocenters. The maximum Gasteiger partial charge on any atom is 0.416 e. The van der Waals surface area contributed by atoms with Crippen molar-refractivity contribution in [1.29, 1.82) is 0 Å². The lowest BCUT2D eigenvalue weighted by molar-refractivity contribution is -0.137.